The lowest BCUT2D eigenvalue weighted by Crippen LogP contribution is -2.34. The molecule has 0 saturated heterocycles. The third kappa shape index (κ3) is 3.80. The van der Waals surface area contributed by atoms with Gasteiger partial charge >= 0.3 is 5.97 Å². The Labute approximate surface area is 176 Å². The minimum absolute atomic E-state index is 0.0230. The Kier molecular flexibility index (Phi) is 4.86. The van der Waals surface area contributed by atoms with Gasteiger partial charge in [0.2, 0.25) is 0 Å². The predicted molar refractivity (Wildman–Crippen MR) is 108 cm³/mol. The van der Waals surface area contributed by atoms with Crippen molar-refractivity contribution in [3.05, 3.63) is 65.2 Å². The van der Waals surface area contributed by atoms with Gasteiger partial charge in [-0.1, -0.05) is 0 Å². The molecule has 0 aliphatic carbocycles. The van der Waals surface area contributed by atoms with Crippen molar-refractivity contribution in [2.75, 3.05) is 5.73 Å². The van der Waals surface area contributed by atoms with Gasteiger partial charge in [0, 0.05) is 35.4 Å². The molecule has 9 nitrogen and oxygen atoms in total. The molecule has 0 aromatic heterocycles. The van der Waals surface area contributed by atoms with Crippen LogP contribution in [0.15, 0.2) is 48.5 Å². The van der Waals surface area contributed by atoms with Gasteiger partial charge in [0.25, 0.3) is 0 Å². The van der Waals surface area contributed by atoms with E-state index < -0.39 is 35.4 Å². The normalized spacial score (nSPS) is 17.4. The third-order valence-electron chi connectivity index (χ3n) is 4.99. The Balaban J connectivity index is 1.73. The molecule has 0 fully saturated rings. The third-order valence-corrected chi connectivity index (χ3v) is 4.99. The highest BCUT2D eigenvalue weighted by Gasteiger charge is 2.37. The van der Waals surface area contributed by atoms with Crippen LogP contribution in [0, 0.1) is 0 Å². The fraction of sp³-hybridized carbons (Fsp3) is 0.136. The van der Waals surface area contributed by atoms with Crippen LogP contribution in [0.5, 0.6) is 34.5 Å². The lowest BCUT2D eigenvalue weighted by molar-refractivity contribution is -0.0188. The van der Waals surface area contributed by atoms with Crippen LogP contribution in [-0.2, 0) is 11.2 Å². The van der Waals surface area contributed by atoms with E-state index in [9.17, 15) is 30.3 Å². The molecule has 0 bridgehead atoms. The molecule has 1 aliphatic rings. The number of hydrogen-bond donors (Lipinski definition) is 6. The summed E-state index contributed by atoms with van der Waals surface area (Å²) in [6.07, 6.45) is -1.98. The monoisotopic (exact) mass is 425 g/mol. The smallest absolute Gasteiger partial charge is 0.338 e. The molecule has 31 heavy (non-hydrogen) atoms. The molecule has 160 valence electrons. The molecule has 1 heterocycles. The van der Waals surface area contributed by atoms with Gasteiger partial charge in [-0.2, -0.15) is 0 Å². The molecule has 0 spiro atoms. The average molecular weight is 425 g/mol. The van der Waals surface area contributed by atoms with E-state index in [1.165, 1.54) is 18.2 Å². The van der Waals surface area contributed by atoms with E-state index in [2.05, 4.69) is 0 Å². The summed E-state index contributed by atoms with van der Waals surface area (Å²) in [4.78, 5) is 12.7. The summed E-state index contributed by atoms with van der Waals surface area (Å²) >= 11 is 0. The van der Waals surface area contributed by atoms with Gasteiger partial charge < -0.3 is 40.7 Å². The first kappa shape index (κ1) is 20.0. The van der Waals surface area contributed by atoms with Crippen LogP contribution in [0.2, 0.25) is 0 Å². The molecule has 3 aromatic rings. The van der Waals surface area contributed by atoms with E-state index in [-0.39, 0.29) is 34.8 Å². The number of nitrogen functional groups attached to an aromatic ring is 1. The summed E-state index contributed by atoms with van der Waals surface area (Å²) in [6.45, 7) is 0. The van der Waals surface area contributed by atoms with Gasteiger partial charge in [0.15, 0.2) is 23.4 Å². The zero-order chi connectivity index (χ0) is 22.3. The molecule has 3 aromatic carbocycles. The van der Waals surface area contributed by atoms with Gasteiger partial charge in [-0.15, -0.1) is 0 Å². The van der Waals surface area contributed by atoms with Gasteiger partial charge in [-0.25, -0.2) is 4.79 Å². The summed E-state index contributed by atoms with van der Waals surface area (Å²) < 4.78 is 11.5. The fourth-order valence-corrected chi connectivity index (χ4v) is 3.45. The van der Waals surface area contributed by atoms with E-state index in [1.54, 1.807) is 12.1 Å². The molecule has 0 saturated carbocycles. The first-order chi connectivity index (χ1) is 14.7. The SMILES string of the molecule is Nc1ccc(C(=O)O[C@@H]2Cc3c(O)cc(O)cc3O[C@@H]2c2cc(O)c(O)c(O)c2)cc1. The van der Waals surface area contributed by atoms with Gasteiger partial charge in [0.05, 0.1) is 5.56 Å². The summed E-state index contributed by atoms with van der Waals surface area (Å²) in [5, 5.41) is 49.4. The number of rotatable bonds is 3. The first-order valence-corrected chi connectivity index (χ1v) is 9.26. The number of phenolic OH excluding ortho intramolecular Hbond substituents is 5. The maximum absolute atomic E-state index is 12.7. The molecule has 2 atom stereocenters. The second-order valence-corrected chi connectivity index (χ2v) is 7.16. The number of esters is 1. The number of fused-ring (bicyclic) bond motifs is 1. The predicted octanol–water partition coefficient (Wildman–Crippen LogP) is 2.70. The Hall–Kier alpha value is -4.27. The van der Waals surface area contributed by atoms with Gasteiger partial charge in [-0.3, -0.25) is 0 Å². The van der Waals surface area contributed by atoms with E-state index in [1.807, 2.05) is 0 Å². The standard InChI is InChI=1S/C22H19NO8/c23-12-3-1-10(2-4-12)22(29)31-19-9-14-15(25)7-13(24)8-18(14)30-21(19)11-5-16(26)20(28)17(27)6-11/h1-8,19,21,24-28H,9,23H2/t19-,21-/m1/s1. The van der Waals surface area contributed by atoms with E-state index in [4.69, 9.17) is 15.2 Å². The number of benzene rings is 3. The Morgan fingerprint density at radius 1 is 0.935 bits per heavy atom. The van der Waals surface area contributed by atoms with Crippen molar-refractivity contribution in [2.45, 2.75) is 18.6 Å². The van der Waals surface area contributed by atoms with Crippen molar-refractivity contribution in [3.8, 4) is 34.5 Å². The summed E-state index contributed by atoms with van der Waals surface area (Å²) in [5.41, 5.74) is 6.88. The zero-order valence-corrected chi connectivity index (χ0v) is 16.0. The Morgan fingerprint density at radius 2 is 1.58 bits per heavy atom. The lowest BCUT2D eigenvalue weighted by Gasteiger charge is -2.34. The maximum Gasteiger partial charge on any atom is 0.338 e. The number of carbonyl (C=O) groups is 1. The van der Waals surface area contributed by atoms with Crippen LogP contribution in [0.4, 0.5) is 5.69 Å². The minimum atomic E-state index is -1.02. The number of nitrogens with two attached hydrogens (primary N) is 1. The highest BCUT2D eigenvalue weighted by molar-refractivity contribution is 5.90. The average Bonchev–Trinajstić information content (AvgIpc) is 2.72. The molecule has 0 radical (unpaired) electrons. The van der Waals surface area contributed by atoms with Crippen LogP contribution in [0.1, 0.15) is 27.6 Å². The van der Waals surface area contributed by atoms with Gasteiger partial charge in [-0.05, 0) is 36.4 Å². The summed E-state index contributed by atoms with van der Waals surface area (Å²) in [6, 6.07) is 10.8. The largest absolute Gasteiger partial charge is 0.508 e. The molecular formula is C22H19NO8. The van der Waals surface area contributed by atoms with E-state index >= 15 is 0 Å². The second kappa shape index (κ2) is 7.52. The number of aromatic hydroxyl groups is 5. The number of carbonyl (C=O) groups excluding carboxylic acids is 1. The van der Waals surface area contributed by atoms with E-state index in [0.29, 0.717) is 11.3 Å². The van der Waals surface area contributed by atoms with Crippen molar-refractivity contribution in [1.82, 2.24) is 0 Å². The Morgan fingerprint density at radius 3 is 2.23 bits per heavy atom. The number of phenols is 5. The highest BCUT2D eigenvalue weighted by atomic mass is 16.6. The molecule has 1 aliphatic heterocycles. The Bertz CT molecular complexity index is 1140. The number of hydrogen-bond acceptors (Lipinski definition) is 9. The molecule has 9 heteroatoms. The molecular weight excluding hydrogens is 406 g/mol. The van der Waals surface area contributed by atoms with Crippen LogP contribution in [-0.4, -0.2) is 37.6 Å². The maximum atomic E-state index is 12.7. The van der Waals surface area contributed by atoms with Crippen LogP contribution >= 0.6 is 0 Å². The molecule has 4 rings (SSSR count). The quantitative estimate of drug-likeness (QED) is 0.210. The summed E-state index contributed by atoms with van der Waals surface area (Å²) in [5.74, 6) is -2.88. The van der Waals surface area contributed by atoms with Gasteiger partial charge in [0.1, 0.15) is 23.4 Å². The summed E-state index contributed by atoms with van der Waals surface area (Å²) in [7, 11) is 0. The second-order valence-electron chi connectivity index (χ2n) is 7.16. The van der Waals surface area contributed by atoms with Crippen LogP contribution in [0.3, 0.4) is 0 Å². The van der Waals surface area contributed by atoms with Crippen molar-refractivity contribution in [1.29, 1.82) is 0 Å². The highest BCUT2D eigenvalue weighted by Crippen LogP contribution is 2.45. The lowest BCUT2D eigenvalue weighted by atomic mass is 9.93. The van der Waals surface area contributed by atoms with Crippen molar-refractivity contribution in [2.24, 2.45) is 0 Å². The van der Waals surface area contributed by atoms with Crippen molar-refractivity contribution < 1.29 is 39.8 Å². The number of anilines is 1. The van der Waals surface area contributed by atoms with Crippen LogP contribution in [0.25, 0.3) is 0 Å². The number of ether oxygens (including phenoxy) is 2. The topological polar surface area (TPSA) is 163 Å². The minimum Gasteiger partial charge on any atom is -0.508 e. The van der Waals surface area contributed by atoms with Crippen LogP contribution < -0.4 is 10.5 Å². The molecule has 7 N–H and O–H groups in total. The van der Waals surface area contributed by atoms with Crippen molar-refractivity contribution >= 4 is 11.7 Å². The first-order valence-electron chi connectivity index (χ1n) is 9.26. The molecule has 0 unspecified atom stereocenters. The van der Waals surface area contributed by atoms with E-state index in [0.717, 1.165) is 18.2 Å². The van der Waals surface area contributed by atoms with Crippen molar-refractivity contribution in [3.63, 3.8) is 0 Å². The molecule has 0 amide bonds. The fourth-order valence-electron chi connectivity index (χ4n) is 3.45. The zero-order valence-electron chi connectivity index (χ0n) is 16.0.